The number of carbonyl (C=O) groups excluding carboxylic acids is 2. The monoisotopic (exact) mass is 482 g/mol. The standard InChI is InChI=1S/C24H24ClFN6O2/c1-24(2,16-6-3-14(12-27)4-7-16)31-23(34)32-10-9-30-19(13-32)20(22(29)33)21(28)15-5-8-18(26)17(25)11-15/h3-8,11H,9-10,13,28H2,1-2H3,(H2,29,33)(H,31,34). The summed E-state index contributed by atoms with van der Waals surface area (Å²) >= 11 is 5.85. The number of urea groups is 1. The van der Waals surface area contributed by atoms with E-state index in [2.05, 4.69) is 16.4 Å². The molecule has 2 aromatic carbocycles. The number of nitrogens with two attached hydrogens (primary N) is 2. The first kappa shape index (κ1) is 24.7. The van der Waals surface area contributed by atoms with Gasteiger partial charge in [-0.3, -0.25) is 9.79 Å². The van der Waals surface area contributed by atoms with Crippen molar-refractivity contribution in [3.63, 3.8) is 0 Å². The van der Waals surface area contributed by atoms with Crippen molar-refractivity contribution in [2.24, 2.45) is 16.5 Å². The molecule has 176 valence electrons. The number of nitrogens with zero attached hydrogens (tertiary/aromatic N) is 3. The number of nitriles is 1. The summed E-state index contributed by atoms with van der Waals surface area (Å²) in [6.45, 7) is 4.26. The van der Waals surface area contributed by atoms with Crippen LogP contribution in [0.15, 0.2) is 53.0 Å². The molecule has 1 aliphatic heterocycles. The van der Waals surface area contributed by atoms with Gasteiger partial charge in [0.25, 0.3) is 5.91 Å². The molecule has 0 spiro atoms. The number of amides is 3. The molecule has 0 aromatic heterocycles. The summed E-state index contributed by atoms with van der Waals surface area (Å²) in [5, 5.41) is 11.8. The molecule has 0 atom stereocenters. The Bertz CT molecular complexity index is 1230. The zero-order chi connectivity index (χ0) is 25.0. The van der Waals surface area contributed by atoms with E-state index in [1.165, 1.54) is 17.0 Å². The first-order chi connectivity index (χ1) is 16.0. The molecule has 0 saturated carbocycles. The summed E-state index contributed by atoms with van der Waals surface area (Å²) in [5.41, 5.74) is 12.9. The van der Waals surface area contributed by atoms with Crippen molar-refractivity contribution in [3.05, 3.63) is 75.6 Å². The average Bonchev–Trinajstić information content (AvgIpc) is 2.80. The fraction of sp³-hybridized carbons (Fsp3) is 0.250. The van der Waals surface area contributed by atoms with Crippen LogP contribution < -0.4 is 16.8 Å². The van der Waals surface area contributed by atoms with Gasteiger partial charge < -0.3 is 21.7 Å². The summed E-state index contributed by atoms with van der Waals surface area (Å²) < 4.78 is 13.5. The molecular formula is C24H24ClFN6O2. The van der Waals surface area contributed by atoms with E-state index in [0.717, 1.165) is 11.6 Å². The van der Waals surface area contributed by atoms with Gasteiger partial charge in [-0.1, -0.05) is 23.7 Å². The van der Waals surface area contributed by atoms with Crippen LogP contribution in [0.1, 0.15) is 30.5 Å². The second-order valence-corrected chi connectivity index (χ2v) is 8.68. The molecular weight excluding hydrogens is 459 g/mol. The lowest BCUT2D eigenvalue weighted by Gasteiger charge is -2.33. The van der Waals surface area contributed by atoms with Crippen LogP contribution in [-0.2, 0) is 10.3 Å². The molecule has 0 fully saturated rings. The number of hydrogen-bond donors (Lipinski definition) is 3. The van der Waals surface area contributed by atoms with Gasteiger partial charge in [-0.05, 0) is 55.3 Å². The van der Waals surface area contributed by atoms with Gasteiger partial charge in [0.1, 0.15) is 5.82 Å². The summed E-state index contributed by atoms with van der Waals surface area (Å²) in [5.74, 6) is -1.45. The Labute approximate surface area is 201 Å². The third-order valence-electron chi connectivity index (χ3n) is 5.49. The van der Waals surface area contributed by atoms with Crippen molar-refractivity contribution in [1.29, 1.82) is 5.26 Å². The Hall–Kier alpha value is -3.90. The predicted octanol–water partition coefficient (Wildman–Crippen LogP) is 2.91. The highest BCUT2D eigenvalue weighted by Crippen LogP contribution is 2.24. The maximum Gasteiger partial charge on any atom is 0.318 e. The van der Waals surface area contributed by atoms with Crippen molar-refractivity contribution in [3.8, 4) is 6.07 Å². The molecule has 0 aliphatic carbocycles. The molecule has 3 amide bonds. The van der Waals surface area contributed by atoms with Gasteiger partial charge in [0, 0.05) is 6.54 Å². The van der Waals surface area contributed by atoms with Crippen LogP contribution in [-0.4, -0.2) is 42.2 Å². The fourth-order valence-electron chi connectivity index (χ4n) is 3.57. The van der Waals surface area contributed by atoms with E-state index in [9.17, 15) is 14.0 Å². The highest BCUT2D eigenvalue weighted by Gasteiger charge is 2.30. The van der Waals surface area contributed by atoms with Crippen molar-refractivity contribution < 1.29 is 14.0 Å². The lowest BCUT2D eigenvalue weighted by atomic mass is 9.93. The highest BCUT2D eigenvalue weighted by atomic mass is 35.5. The first-order valence-electron chi connectivity index (χ1n) is 10.4. The Morgan fingerprint density at radius 1 is 1.21 bits per heavy atom. The predicted molar refractivity (Wildman–Crippen MR) is 128 cm³/mol. The van der Waals surface area contributed by atoms with Crippen molar-refractivity contribution in [1.82, 2.24) is 10.2 Å². The lowest BCUT2D eigenvalue weighted by molar-refractivity contribution is -0.114. The molecule has 0 unspecified atom stereocenters. The Morgan fingerprint density at radius 3 is 2.47 bits per heavy atom. The van der Waals surface area contributed by atoms with Gasteiger partial charge in [0.2, 0.25) is 0 Å². The second-order valence-electron chi connectivity index (χ2n) is 8.28. The van der Waals surface area contributed by atoms with E-state index in [0.29, 0.717) is 17.7 Å². The zero-order valence-electron chi connectivity index (χ0n) is 18.7. The lowest BCUT2D eigenvalue weighted by Crippen LogP contribution is -2.52. The minimum atomic E-state index is -0.822. The summed E-state index contributed by atoms with van der Waals surface area (Å²) in [6.07, 6.45) is 0. The zero-order valence-corrected chi connectivity index (χ0v) is 19.5. The normalized spacial score (nSPS) is 14.6. The topological polar surface area (TPSA) is 138 Å². The number of hydrogen-bond acceptors (Lipinski definition) is 5. The largest absolute Gasteiger partial charge is 0.398 e. The molecule has 0 bridgehead atoms. The molecule has 1 aliphatic rings. The van der Waals surface area contributed by atoms with Crippen LogP contribution in [0.25, 0.3) is 5.70 Å². The summed E-state index contributed by atoms with van der Waals surface area (Å²) in [6, 6.07) is 12.4. The molecule has 34 heavy (non-hydrogen) atoms. The molecule has 0 saturated heterocycles. The number of nitrogens with one attached hydrogen (secondary N) is 1. The average molecular weight is 483 g/mol. The van der Waals surface area contributed by atoms with E-state index in [-0.39, 0.29) is 41.1 Å². The smallest absolute Gasteiger partial charge is 0.318 e. The van der Waals surface area contributed by atoms with Crippen molar-refractivity contribution >= 4 is 34.9 Å². The van der Waals surface area contributed by atoms with E-state index in [4.69, 9.17) is 28.3 Å². The number of benzene rings is 2. The molecule has 2 aromatic rings. The Balaban J connectivity index is 1.82. The highest BCUT2D eigenvalue weighted by molar-refractivity contribution is 6.31. The SMILES string of the molecule is CC(C)(NC(=O)N1CCN=C(C(C(N)=O)=C(N)c2ccc(F)c(Cl)c2)C1)c1ccc(C#N)cc1. The van der Waals surface area contributed by atoms with Gasteiger partial charge in [-0.25, -0.2) is 9.18 Å². The molecule has 8 nitrogen and oxygen atoms in total. The van der Waals surface area contributed by atoms with Crippen molar-refractivity contribution in [2.45, 2.75) is 19.4 Å². The maximum absolute atomic E-state index is 13.5. The number of rotatable bonds is 5. The second kappa shape index (κ2) is 9.93. The molecule has 5 N–H and O–H groups in total. The Kier molecular flexibility index (Phi) is 7.23. The van der Waals surface area contributed by atoms with Crippen LogP contribution >= 0.6 is 11.6 Å². The van der Waals surface area contributed by atoms with Crippen LogP contribution in [0.4, 0.5) is 9.18 Å². The minimum absolute atomic E-state index is 0.00316. The third kappa shape index (κ3) is 5.35. The number of primary amides is 1. The van der Waals surface area contributed by atoms with Crippen molar-refractivity contribution in [2.75, 3.05) is 19.6 Å². The van der Waals surface area contributed by atoms with E-state index >= 15 is 0 Å². The van der Waals surface area contributed by atoms with Gasteiger partial charge in [0.15, 0.2) is 0 Å². The fourth-order valence-corrected chi connectivity index (χ4v) is 3.75. The summed E-state index contributed by atoms with van der Waals surface area (Å²) in [4.78, 5) is 31.2. The molecule has 3 rings (SSSR count). The third-order valence-corrected chi connectivity index (χ3v) is 5.78. The molecule has 1 heterocycles. The van der Waals surface area contributed by atoms with E-state index < -0.39 is 17.3 Å². The van der Waals surface area contributed by atoms with E-state index in [1.54, 1.807) is 24.3 Å². The minimum Gasteiger partial charge on any atom is -0.398 e. The first-order valence-corrected chi connectivity index (χ1v) is 10.8. The van der Waals surface area contributed by atoms with Gasteiger partial charge in [-0.15, -0.1) is 0 Å². The molecule has 0 radical (unpaired) electrons. The Morgan fingerprint density at radius 2 is 1.88 bits per heavy atom. The van der Waals surface area contributed by atoms with Crippen LogP contribution in [0.2, 0.25) is 5.02 Å². The maximum atomic E-state index is 13.5. The number of aliphatic imine (C=N–C) groups is 1. The summed E-state index contributed by atoms with van der Waals surface area (Å²) in [7, 11) is 0. The number of carbonyl (C=O) groups is 2. The van der Waals surface area contributed by atoms with Gasteiger partial charge in [0.05, 0.1) is 52.3 Å². The van der Waals surface area contributed by atoms with Crippen LogP contribution in [0.5, 0.6) is 0 Å². The van der Waals surface area contributed by atoms with Crippen LogP contribution in [0, 0.1) is 17.1 Å². The number of halogens is 2. The van der Waals surface area contributed by atoms with Crippen LogP contribution in [0.3, 0.4) is 0 Å². The van der Waals surface area contributed by atoms with E-state index in [1.807, 2.05) is 13.8 Å². The quantitative estimate of drug-likeness (QED) is 0.564. The van der Waals surface area contributed by atoms with Gasteiger partial charge >= 0.3 is 6.03 Å². The molecule has 10 heteroatoms. The van der Waals surface area contributed by atoms with Gasteiger partial charge in [-0.2, -0.15) is 5.26 Å².